The number of hydrogen-bond acceptors (Lipinski definition) is 2. The minimum atomic E-state index is 0.818. The number of aryl methyl sites for hydroxylation is 4. The van der Waals surface area contributed by atoms with Gasteiger partial charge in [-0.05, 0) is 198 Å². The SMILES string of the molecule is Cc1cc(-c2cc(-c3ccccc3)c(-c3ccccc3)c(-c3ccccc3)c2-c2ccccc2)cc(C)c1N1[C]N(c2c(C)cc(-c3cc(-c4ccccc4)c(-c4ccccc4)c(-c4ccccc4)c3-c3ccccc3)cc2C)CC1. The van der Waals surface area contributed by atoms with Crippen molar-refractivity contribution in [3.63, 3.8) is 0 Å². The van der Waals surface area contributed by atoms with E-state index in [4.69, 9.17) is 0 Å². The fourth-order valence-electron chi connectivity index (χ4n) is 12.8. The van der Waals surface area contributed by atoms with Gasteiger partial charge in [-0.1, -0.05) is 243 Å². The van der Waals surface area contributed by atoms with Gasteiger partial charge >= 0.3 is 0 Å². The predicted octanol–water partition coefficient (Wildman–Crippen LogP) is 20.9. The van der Waals surface area contributed by atoms with Crippen LogP contribution in [-0.2, 0) is 0 Å². The molecule has 81 heavy (non-hydrogen) atoms. The second kappa shape index (κ2) is 22.2. The van der Waals surface area contributed by atoms with Crippen molar-refractivity contribution in [3.05, 3.63) is 308 Å². The zero-order valence-corrected chi connectivity index (χ0v) is 46.4. The third-order valence-corrected chi connectivity index (χ3v) is 16.1. The topological polar surface area (TPSA) is 6.48 Å². The van der Waals surface area contributed by atoms with Crippen LogP contribution in [0.3, 0.4) is 0 Å². The van der Waals surface area contributed by atoms with E-state index in [9.17, 15) is 0 Å². The van der Waals surface area contributed by atoms with Crippen molar-refractivity contribution in [2.75, 3.05) is 22.9 Å². The van der Waals surface area contributed by atoms with Gasteiger partial charge in [0, 0.05) is 24.5 Å². The lowest BCUT2D eigenvalue weighted by Crippen LogP contribution is -2.21. The van der Waals surface area contributed by atoms with Crippen LogP contribution in [-0.4, -0.2) is 13.1 Å². The van der Waals surface area contributed by atoms with Crippen LogP contribution in [0.1, 0.15) is 22.3 Å². The molecule has 2 nitrogen and oxygen atoms in total. The van der Waals surface area contributed by atoms with E-state index in [-0.39, 0.29) is 0 Å². The molecule has 0 atom stereocenters. The van der Waals surface area contributed by atoms with E-state index in [0.29, 0.717) is 0 Å². The highest BCUT2D eigenvalue weighted by molar-refractivity contribution is 6.09. The molecule has 388 valence electrons. The normalized spacial score (nSPS) is 12.2. The van der Waals surface area contributed by atoms with Gasteiger partial charge in [0.05, 0.1) is 0 Å². The highest BCUT2D eigenvalue weighted by Crippen LogP contribution is 2.53. The van der Waals surface area contributed by atoms with Crippen LogP contribution in [0.15, 0.2) is 279 Å². The number of nitrogens with zero attached hydrogens (tertiary/aromatic N) is 2. The van der Waals surface area contributed by atoms with Crippen LogP contribution in [0.2, 0.25) is 0 Å². The van der Waals surface area contributed by atoms with Gasteiger partial charge in [-0.3, -0.25) is 0 Å². The third-order valence-electron chi connectivity index (χ3n) is 16.1. The van der Waals surface area contributed by atoms with Crippen molar-refractivity contribution < 1.29 is 0 Å². The summed E-state index contributed by atoms with van der Waals surface area (Å²) in [5.74, 6) is 0. The quantitative estimate of drug-likeness (QED) is 0.120. The van der Waals surface area contributed by atoms with Crippen LogP contribution in [0.5, 0.6) is 0 Å². The van der Waals surface area contributed by atoms with Crippen LogP contribution in [0.4, 0.5) is 11.4 Å². The molecule has 0 spiro atoms. The molecule has 0 aliphatic carbocycles. The molecule has 0 unspecified atom stereocenters. The first kappa shape index (κ1) is 50.7. The summed E-state index contributed by atoms with van der Waals surface area (Å²) in [4.78, 5) is 4.72. The van der Waals surface area contributed by atoms with E-state index < -0.39 is 0 Å². The Balaban J connectivity index is 0.917. The maximum atomic E-state index is 3.92. The maximum Gasteiger partial charge on any atom is 0.208 e. The van der Waals surface area contributed by atoms with E-state index in [1.165, 1.54) is 145 Å². The zero-order chi connectivity index (χ0) is 54.8. The van der Waals surface area contributed by atoms with Crippen molar-refractivity contribution in [2.24, 2.45) is 0 Å². The smallest absolute Gasteiger partial charge is 0.208 e. The summed E-state index contributed by atoms with van der Waals surface area (Å²) in [5.41, 5.74) is 31.3. The van der Waals surface area contributed by atoms with Crippen molar-refractivity contribution in [2.45, 2.75) is 27.7 Å². The Labute approximate surface area is 478 Å². The molecule has 12 aromatic carbocycles. The number of rotatable bonds is 12. The standard InChI is InChI=1S/C79H62N2/c1-54-47-66(70-51-68(58-29-13-5-14-30-58)72(60-33-17-7-18-34-60)76(64-41-25-11-26-42-64)74(70)62-37-21-9-22-38-62)48-55(2)78(54)80-45-46-81(53-80)79-56(3)49-67(50-57(79)4)71-52-69(59-31-15-6-16-32-59)73(61-35-19-8-20-36-61)77(65-43-27-12-28-44-65)75(71)63-39-23-10-24-40-63/h5-44,47-52H,45-46H2,1-4H3. The number of hydrogen-bond donors (Lipinski definition) is 0. The molecule has 2 heteroatoms. The monoisotopic (exact) mass is 1040 g/mol. The summed E-state index contributed by atoms with van der Waals surface area (Å²) >= 11 is 0. The Morgan fingerprint density at radius 3 is 0.654 bits per heavy atom. The first-order valence-electron chi connectivity index (χ1n) is 28.3. The minimum Gasteiger partial charge on any atom is -0.339 e. The van der Waals surface area contributed by atoms with E-state index in [1.54, 1.807) is 0 Å². The van der Waals surface area contributed by atoms with E-state index in [0.717, 1.165) is 13.1 Å². The Kier molecular flexibility index (Phi) is 13.9. The average Bonchev–Trinajstić information content (AvgIpc) is 4.09. The summed E-state index contributed by atoms with van der Waals surface area (Å²) in [5, 5.41) is 0. The molecule has 1 saturated heterocycles. The van der Waals surface area contributed by atoms with Crippen molar-refractivity contribution >= 4 is 11.4 Å². The summed E-state index contributed by atoms with van der Waals surface area (Å²) in [6.07, 6.45) is 0. The fraction of sp³-hybridized carbons (Fsp3) is 0.0759. The maximum absolute atomic E-state index is 3.92. The van der Waals surface area contributed by atoms with Crippen LogP contribution in [0.25, 0.3) is 111 Å². The highest BCUT2D eigenvalue weighted by Gasteiger charge is 2.30. The summed E-state index contributed by atoms with van der Waals surface area (Å²) in [7, 11) is 0. The lowest BCUT2D eigenvalue weighted by Gasteiger charge is -2.27. The van der Waals surface area contributed by atoms with Crippen LogP contribution >= 0.6 is 0 Å². The fourth-order valence-corrected chi connectivity index (χ4v) is 12.8. The summed E-state index contributed by atoms with van der Waals surface area (Å²) < 4.78 is 0. The summed E-state index contributed by atoms with van der Waals surface area (Å²) in [6, 6.07) is 102. The largest absolute Gasteiger partial charge is 0.339 e. The first-order chi connectivity index (χ1) is 39.9. The molecule has 0 amide bonds. The molecule has 2 radical (unpaired) electrons. The van der Waals surface area contributed by atoms with Crippen LogP contribution < -0.4 is 9.80 Å². The van der Waals surface area contributed by atoms with E-state index in [2.05, 4.69) is 323 Å². The third kappa shape index (κ3) is 9.74. The number of benzene rings is 12. The lowest BCUT2D eigenvalue weighted by molar-refractivity contribution is 1.01. The van der Waals surface area contributed by atoms with Crippen LogP contribution in [0, 0.1) is 34.4 Å². The molecule has 0 saturated carbocycles. The van der Waals surface area contributed by atoms with Gasteiger partial charge in [0.2, 0.25) is 6.67 Å². The molecular formula is C79H62N2. The van der Waals surface area contributed by atoms with Gasteiger partial charge in [0.25, 0.3) is 0 Å². The number of anilines is 2. The molecule has 1 fully saturated rings. The second-order valence-corrected chi connectivity index (χ2v) is 21.4. The van der Waals surface area contributed by atoms with Gasteiger partial charge in [0.15, 0.2) is 0 Å². The second-order valence-electron chi connectivity index (χ2n) is 21.4. The van der Waals surface area contributed by atoms with E-state index >= 15 is 0 Å². The van der Waals surface area contributed by atoms with Crippen molar-refractivity contribution in [3.8, 4) is 111 Å². The Bertz CT molecular complexity index is 3860. The molecule has 1 aliphatic heterocycles. The molecule has 0 N–H and O–H groups in total. The van der Waals surface area contributed by atoms with Crippen molar-refractivity contribution in [1.29, 1.82) is 0 Å². The lowest BCUT2D eigenvalue weighted by atomic mass is 9.78. The minimum absolute atomic E-state index is 0.818. The molecule has 13 rings (SSSR count). The highest BCUT2D eigenvalue weighted by atomic mass is 15.4. The van der Waals surface area contributed by atoms with Gasteiger partial charge < -0.3 is 9.80 Å². The average molecular weight is 1040 g/mol. The molecule has 0 bridgehead atoms. The Hall–Kier alpha value is -9.76. The van der Waals surface area contributed by atoms with E-state index in [1.807, 2.05) is 0 Å². The molecular weight excluding hydrogens is 977 g/mol. The zero-order valence-electron chi connectivity index (χ0n) is 46.4. The summed E-state index contributed by atoms with van der Waals surface area (Å²) in [6.45, 7) is 14.7. The van der Waals surface area contributed by atoms with Gasteiger partial charge in [-0.2, -0.15) is 0 Å². The molecule has 12 aromatic rings. The molecule has 0 aromatic heterocycles. The van der Waals surface area contributed by atoms with Gasteiger partial charge in [-0.25, -0.2) is 0 Å². The first-order valence-corrected chi connectivity index (χ1v) is 28.3. The molecule has 1 heterocycles. The predicted molar refractivity (Wildman–Crippen MR) is 344 cm³/mol. The van der Waals surface area contributed by atoms with Crippen molar-refractivity contribution in [1.82, 2.24) is 0 Å². The molecule has 1 aliphatic rings. The Morgan fingerprint density at radius 1 is 0.222 bits per heavy atom. The van der Waals surface area contributed by atoms with Gasteiger partial charge in [0.1, 0.15) is 0 Å². The Morgan fingerprint density at radius 2 is 0.420 bits per heavy atom. The van der Waals surface area contributed by atoms with Gasteiger partial charge in [-0.15, -0.1) is 0 Å².